The van der Waals surface area contributed by atoms with Crippen LogP contribution in [0.1, 0.15) is 5.76 Å². The van der Waals surface area contributed by atoms with Crippen LogP contribution in [0, 0.1) is 0 Å². The van der Waals surface area contributed by atoms with Gasteiger partial charge in [-0.15, -0.1) is 0 Å². The second-order valence-electron chi connectivity index (χ2n) is 4.98. The van der Waals surface area contributed by atoms with E-state index in [1.165, 1.54) is 0 Å². The Balaban J connectivity index is 1.58. The number of nitrogens with zero attached hydrogens (tertiary/aromatic N) is 2. The molecule has 6 heteroatoms. The predicted octanol–water partition coefficient (Wildman–Crippen LogP) is 3.32. The fraction of sp³-hybridized carbons (Fsp3) is 0.125. The van der Waals surface area contributed by atoms with Gasteiger partial charge in [0.05, 0.1) is 31.7 Å². The van der Waals surface area contributed by atoms with Crippen LogP contribution in [0.4, 0.5) is 5.69 Å². The maximum absolute atomic E-state index is 5.86. The van der Waals surface area contributed by atoms with Crippen LogP contribution in [0.5, 0.6) is 5.75 Å². The third kappa shape index (κ3) is 2.14. The van der Waals surface area contributed by atoms with E-state index in [0.717, 1.165) is 39.2 Å². The molecule has 22 heavy (non-hydrogen) atoms. The number of hydrogen-bond acceptors (Lipinski definition) is 5. The Kier molecular flexibility index (Phi) is 2.93. The van der Waals surface area contributed by atoms with Gasteiger partial charge in [0.2, 0.25) is 0 Å². The van der Waals surface area contributed by atoms with Crippen molar-refractivity contribution < 1.29 is 9.15 Å². The van der Waals surface area contributed by atoms with Crippen molar-refractivity contribution in [3.05, 3.63) is 48.5 Å². The zero-order valence-corrected chi connectivity index (χ0v) is 12.0. The normalized spacial score (nSPS) is 11.1. The monoisotopic (exact) mass is 294 g/mol. The summed E-state index contributed by atoms with van der Waals surface area (Å²) in [7, 11) is 1.64. The summed E-state index contributed by atoms with van der Waals surface area (Å²) in [6.07, 6.45) is 3.52. The average molecular weight is 294 g/mol. The fourth-order valence-electron chi connectivity index (χ4n) is 2.46. The van der Waals surface area contributed by atoms with Gasteiger partial charge in [0.25, 0.3) is 0 Å². The van der Waals surface area contributed by atoms with Crippen molar-refractivity contribution in [3.63, 3.8) is 0 Å². The predicted molar refractivity (Wildman–Crippen MR) is 84.0 cm³/mol. The van der Waals surface area contributed by atoms with Crippen molar-refractivity contribution in [1.29, 1.82) is 0 Å². The van der Waals surface area contributed by atoms with E-state index in [1.54, 1.807) is 19.5 Å². The molecule has 0 atom stereocenters. The number of anilines is 1. The summed E-state index contributed by atoms with van der Waals surface area (Å²) in [4.78, 5) is 4.29. The molecule has 0 unspecified atom stereocenters. The van der Waals surface area contributed by atoms with Crippen molar-refractivity contribution in [1.82, 2.24) is 15.2 Å². The Morgan fingerprint density at radius 2 is 2.18 bits per heavy atom. The van der Waals surface area contributed by atoms with Crippen LogP contribution in [-0.4, -0.2) is 22.3 Å². The first kappa shape index (κ1) is 12.7. The molecule has 0 spiro atoms. The van der Waals surface area contributed by atoms with Crippen molar-refractivity contribution in [2.24, 2.45) is 0 Å². The molecule has 0 aliphatic carbocycles. The molecule has 1 aromatic carbocycles. The van der Waals surface area contributed by atoms with Crippen LogP contribution < -0.4 is 10.1 Å². The third-order valence-electron chi connectivity index (χ3n) is 3.54. The summed E-state index contributed by atoms with van der Waals surface area (Å²) >= 11 is 0. The molecular weight excluding hydrogens is 280 g/mol. The number of rotatable bonds is 4. The first-order valence-electron chi connectivity index (χ1n) is 6.92. The summed E-state index contributed by atoms with van der Waals surface area (Å²) in [6.45, 7) is 0.572. The molecule has 4 rings (SSSR count). The summed E-state index contributed by atoms with van der Waals surface area (Å²) in [5.74, 6) is 1.58. The van der Waals surface area contributed by atoms with E-state index in [9.17, 15) is 0 Å². The molecule has 0 amide bonds. The van der Waals surface area contributed by atoms with E-state index < -0.39 is 0 Å². The van der Waals surface area contributed by atoms with Crippen molar-refractivity contribution in [3.8, 4) is 5.75 Å². The van der Waals surface area contributed by atoms with Crippen LogP contribution in [-0.2, 0) is 6.54 Å². The Morgan fingerprint density at radius 1 is 1.23 bits per heavy atom. The van der Waals surface area contributed by atoms with Gasteiger partial charge in [-0.3, -0.25) is 5.10 Å². The Bertz CT molecular complexity index is 942. The Morgan fingerprint density at radius 3 is 3.09 bits per heavy atom. The minimum absolute atomic E-state index is 0.572. The second-order valence-corrected chi connectivity index (χ2v) is 4.98. The van der Waals surface area contributed by atoms with Gasteiger partial charge in [-0.25, -0.2) is 4.98 Å². The maximum Gasteiger partial charge on any atom is 0.176 e. The molecule has 0 aliphatic rings. The summed E-state index contributed by atoms with van der Waals surface area (Å²) < 4.78 is 11.2. The van der Waals surface area contributed by atoms with Gasteiger partial charge >= 0.3 is 0 Å². The van der Waals surface area contributed by atoms with E-state index in [4.69, 9.17) is 9.15 Å². The highest BCUT2D eigenvalue weighted by atomic mass is 16.5. The van der Waals surface area contributed by atoms with Crippen LogP contribution in [0.3, 0.4) is 0 Å². The molecule has 0 aliphatic heterocycles. The average Bonchev–Trinajstić information content (AvgIpc) is 3.17. The zero-order chi connectivity index (χ0) is 14.9. The molecule has 3 aromatic heterocycles. The van der Waals surface area contributed by atoms with E-state index >= 15 is 0 Å². The SMILES string of the molecule is COc1cccc2cc(CNc3cnc4[nH]ncc4c3)oc12. The molecule has 4 aromatic rings. The third-order valence-corrected chi connectivity index (χ3v) is 3.54. The van der Waals surface area contributed by atoms with Gasteiger partial charge in [0.1, 0.15) is 5.76 Å². The summed E-state index contributed by atoms with van der Waals surface area (Å²) in [5.41, 5.74) is 2.46. The molecule has 0 radical (unpaired) electrons. The van der Waals surface area contributed by atoms with E-state index in [-0.39, 0.29) is 0 Å². The number of nitrogens with one attached hydrogen (secondary N) is 2. The van der Waals surface area contributed by atoms with Crippen LogP contribution in [0.25, 0.3) is 22.0 Å². The summed E-state index contributed by atoms with van der Waals surface area (Å²) in [6, 6.07) is 9.85. The Labute approximate surface area is 126 Å². The van der Waals surface area contributed by atoms with Crippen LogP contribution >= 0.6 is 0 Å². The van der Waals surface area contributed by atoms with E-state index in [1.807, 2.05) is 30.3 Å². The van der Waals surface area contributed by atoms with Gasteiger partial charge in [-0.1, -0.05) is 12.1 Å². The van der Waals surface area contributed by atoms with Gasteiger partial charge < -0.3 is 14.5 Å². The van der Waals surface area contributed by atoms with Gasteiger partial charge in [-0.2, -0.15) is 5.10 Å². The minimum Gasteiger partial charge on any atom is -0.493 e. The number of H-pyrrole nitrogens is 1. The van der Waals surface area contributed by atoms with Crippen LogP contribution in [0.15, 0.2) is 47.1 Å². The number of aromatic nitrogens is 3. The molecule has 6 nitrogen and oxygen atoms in total. The number of para-hydroxylation sites is 1. The van der Waals surface area contributed by atoms with E-state index in [2.05, 4.69) is 20.5 Å². The number of furan rings is 1. The maximum atomic E-state index is 5.86. The van der Waals surface area contributed by atoms with Gasteiger partial charge in [-0.05, 0) is 18.2 Å². The molecule has 0 fully saturated rings. The standard InChI is InChI=1S/C16H14N4O2/c1-21-14-4-2-3-10-6-13(22-15(10)14)9-17-12-5-11-7-19-20-16(11)18-8-12/h2-8,17H,9H2,1H3,(H,18,19,20). The molecule has 3 heterocycles. The minimum atomic E-state index is 0.572. The first-order valence-corrected chi connectivity index (χ1v) is 6.92. The lowest BCUT2D eigenvalue weighted by Crippen LogP contribution is -1.98. The van der Waals surface area contributed by atoms with Crippen molar-refractivity contribution in [2.45, 2.75) is 6.54 Å². The first-order chi connectivity index (χ1) is 10.8. The lowest BCUT2D eigenvalue weighted by Gasteiger charge is -2.03. The number of fused-ring (bicyclic) bond motifs is 2. The molecule has 0 saturated heterocycles. The van der Waals surface area contributed by atoms with Crippen molar-refractivity contribution in [2.75, 3.05) is 12.4 Å². The molecule has 2 N–H and O–H groups in total. The molecule has 0 saturated carbocycles. The topological polar surface area (TPSA) is 76.0 Å². The summed E-state index contributed by atoms with van der Waals surface area (Å²) in [5, 5.41) is 12.1. The fourth-order valence-corrected chi connectivity index (χ4v) is 2.46. The highest BCUT2D eigenvalue weighted by Gasteiger charge is 2.08. The van der Waals surface area contributed by atoms with Crippen LogP contribution in [0.2, 0.25) is 0 Å². The lowest BCUT2D eigenvalue weighted by atomic mass is 10.2. The van der Waals surface area contributed by atoms with E-state index in [0.29, 0.717) is 6.54 Å². The number of aromatic amines is 1. The zero-order valence-electron chi connectivity index (χ0n) is 12.0. The highest BCUT2D eigenvalue weighted by Crippen LogP contribution is 2.28. The van der Waals surface area contributed by atoms with Gasteiger partial charge in [0, 0.05) is 10.8 Å². The number of ether oxygens (including phenoxy) is 1. The second kappa shape index (κ2) is 5.07. The number of methoxy groups -OCH3 is 1. The highest BCUT2D eigenvalue weighted by molar-refractivity contribution is 5.83. The van der Waals surface area contributed by atoms with Crippen molar-refractivity contribution >= 4 is 27.7 Å². The molecule has 0 bridgehead atoms. The Hall–Kier alpha value is -3.02. The quantitative estimate of drug-likeness (QED) is 0.604. The lowest BCUT2D eigenvalue weighted by molar-refractivity contribution is 0.408. The smallest absolute Gasteiger partial charge is 0.176 e. The molecule has 110 valence electrons. The number of benzene rings is 1. The number of hydrogen-bond donors (Lipinski definition) is 2. The number of pyridine rings is 1. The molecular formula is C16H14N4O2. The van der Waals surface area contributed by atoms with Gasteiger partial charge in [0.15, 0.2) is 17.0 Å². The largest absolute Gasteiger partial charge is 0.493 e.